The summed E-state index contributed by atoms with van der Waals surface area (Å²) in [6.45, 7) is 1.76. The first-order valence-electron chi connectivity index (χ1n) is 10.2. The molecule has 0 saturated heterocycles. The number of nitrogens with one attached hydrogen (secondary N) is 1. The number of halogens is 1. The van der Waals surface area contributed by atoms with Crippen molar-refractivity contribution < 1.29 is 22.7 Å². The van der Waals surface area contributed by atoms with Gasteiger partial charge in [-0.15, -0.1) is 0 Å². The van der Waals surface area contributed by atoms with E-state index in [1.165, 1.54) is 18.2 Å². The molecule has 0 heterocycles. The molecule has 0 aliphatic carbocycles. The van der Waals surface area contributed by atoms with Crippen LogP contribution in [0.1, 0.15) is 5.56 Å². The molecule has 7 nitrogen and oxygen atoms in total. The number of sulfonamides is 1. The number of methoxy groups -OCH3 is 1. The maximum atomic E-state index is 13.4. The zero-order valence-electron chi connectivity index (χ0n) is 18.3. The first-order valence-corrected chi connectivity index (χ1v) is 12.0. The highest BCUT2D eigenvalue weighted by molar-refractivity contribution is 7.92. The number of ether oxygens (including phenoxy) is 2. The van der Waals surface area contributed by atoms with Crippen LogP contribution in [0.25, 0.3) is 0 Å². The molecule has 0 aromatic heterocycles. The Morgan fingerprint density at radius 2 is 1.73 bits per heavy atom. The molecule has 3 rings (SSSR count). The van der Waals surface area contributed by atoms with Crippen molar-refractivity contribution >= 4 is 33.2 Å². The van der Waals surface area contributed by atoms with Crippen LogP contribution >= 0.6 is 11.6 Å². The Bertz CT molecular complexity index is 1200. The molecule has 0 radical (unpaired) electrons. The van der Waals surface area contributed by atoms with Gasteiger partial charge in [-0.1, -0.05) is 41.9 Å². The first-order chi connectivity index (χ1) is 15.8. The first kappa shape index (κ1) is 24.4. The fourth-order valence-corrected chi connectivity index (χ4v) is 4.77. The second-order valence-electron chi connectivity index (χ2n) is 7.13. The summed E-state index contributed by atoms with van der Waals surface area (Å²) >= 11 is 6.13. The average Bonchev–Trinajstić information content (AvgIpc) is 2.82. The highest BCUT2D eigenvalue weighted by Gasteiger charge is 2.28. The van der Waals surface area contributed by atoms with Crippen molar-refractivity contribution in [1.82, 2.24) is 5.32 Å². The Hall–Kier alpha value is -3.23. The predicted molar refractivity (Wildman–Crippen MR) is 129 cm³/mol. The van der Waals surface area contributed by atoms with Gasteiger partial charge >= 0.3 is 0 Å². The molecule has 0 fully saturated rings. The molecular weight excluding hydrogens is 464 g/mol. The number of carbonyl (C=O) groups excluding carboxylic acids is 1. The summed E-state index contributed by atoms with van der Waals surface area (Å²) in [5, 5.41) is 3.08. The summed E-state index contributed by atoms with van der Waals surface area (Å²) < 4.78 is 38.6. The summed E-state index contributed by atoms with van der Waals surface area (Å²) in [6, 6.07) is 20.0. The van der Waals surface area contributed by atoms with Crippen LogP contribution in [0.2, 0.25) is 5.02 Å². The minimum Gasteiger partial charge on any atom is -0.497 e. The van der Waals surface area contributed by atoms with E-state index in [2.05, 4.69) is 5.32 Å². The van der Waals surface area contributed by atoms with Crippen LogP contribution in [0, 0.1) is 6.92 Å². The summed E-state index contributed by atoms with van der Waals surface area (Å²) in [7, 11) is -2.44. The molecule has 3 aromatic rings. The molecule has 0 aliphatic rings. The molecule has 3 aromatic carbocycles. The quantitative estimate of drug-likeness (QED) is 0.435. The fraction of sp³-hybridized carbons (Fsp3) is 0.208. The van der Waals surface area contributed by atoms with Gasteiger partial charge in [-0.05, 0) is 48.9 Å². The molecule has 0 unspecified atom stereocenters. The minimum absolute atomic E-state index is 0.0820. The van der Waals surface area contributed by atoms with Crippen LogP contribution in [0.5, 0.6) is 11.5 Å². The Labute approximate surface area is 198 Å². The lowest BCUT2D eigenvalue weighted by Crippen LogP contribution is -2.42. The van der Waals surface area contributed by atoms with Gasteiger partial charge in [-0.2, -0.15) is 0 Å². The van der Waals surface area contributed by atoms with Crippen LogP contribution in [0.15, 0.2) is 77.7 Å². The van der Waals surface area contributed by atoms with Crippen molar-refractivity contribution in [3.8, 4) is 11.5 Å². The van der Waals surface area contributed by atoms with Gasteiger partial charge in [0.1, 0.15) is 24.7 Å². The zero-order chi connectivity index (χ0) is 23.8. The molecule has 1 amide bonds. The lowest BCUT2D eigenvalue weighted by Gasteiger charge is -2.25. The van der Waals surface area contributed by atoms with Gasteiger partial charge < -0.3 is 14.8 Å². The Balaban J connectivity index is 1.72. The van der Waals surface area contributed by atoms with Crippen molar-refractivity contribution in [3.63, 3.8) is 0 Å². The number of hydrogen-bond donors (Lipinski definition) is 1. The van der Waals surface area contributed by atoms with Crippen LogP contribution in [-0.4, -0.2) is 41.1 Å². The number of carbonyl (C=O) groups is 1. The SMILES string of the molecule is COc1cccc(OCCNC(=O)CN(c2cc(Cl)ccc2C)S(=O)(=O)c2ccccc2)c1. The van der Waals surface area contributed by atoms with E-state index < -0.39 is 22.5 Å². The van der Waals surface area contributed by atoms with Gasteiger partial charge in [0, 0.05) is 11.1 Å². The van der Waals surface area contributed by atoms with Crippen molar-refractivity contribution in [2.75, 3.05) is 31.1 Å². The number of benzene rings is 3. The number of aryl methyl sites for hydroxylation is 1. The van der Waals surface area contributed by atoms with Crippen molar-refractivity contribution in [1.29, 1.82) is 0 Å². The monoisotopic (exact) mass is 488 g/mol. The lowest BCUT2D eigenvalue weighted by atomic mass is 10.2. The second-order valence-corrected chi connectivity index (χ2v) is 9.43. The van der Waals surface area contributed by atoms with E-state index >= 15 is 0 Å². The highest BCUT2D eigenvalue weighted by atomic mass is 35.5. The molecule has 0 bridgehead atoms. The van der Waals surface area contributed by atoms with Crippen LogP contribution in [0.3, 0.4) is 0 Å². The summed E-state index contributed by atoms with van der Waals surface area (Å²) in [5.41, 5.74) is 1.02. The van der Waals surface area contributed by atoms with Gasteiger partial charge in [0.15, 0.2) is 0 Å². The summed E-state index contributed by atoms with van der Waals surface area (Å²) in [6.07, 6.45) is 0. The maximum absolute atomic E-state index is 13.4. The molecule has 9 heteroatoms. The topological polar surface area (TPSA) is 84.9 Å². The number of nitrogens with zero attached hydrogens (tertiary/aromatic N) is 1. The van der Waals surface area contributed by atoms with Crippen molar-refractivity contribution in [2.45, 2.75) is 11.8 Å². The van der Waals surface area contributed by atoms with Crippen LogP contribution < -0.4 is 19.1 Å². The van der Waals surface area contributed by atoms with Gasteiger partial charge in [0.05, 0.1) is 24.2 Å². The van der Waals surface area contributed by atoms with Gasteiger partial charge in [0.2, 0.25) is 5.91 Å². The van der Waals surface area contributed by atoms with E-state index in [4.69, 9.17) is 21.1 Å². The lowest BCUT2D eigenvalue weighted by molar-refractivity contribution is -0.119. The van der Waals surface area contributed by atoms with Gasteiger partial charge in [0.25, 0.3) is 10.0 Å². The van der Waals surface area contributed by atoms with Crippen LogP contribution in [-0.2, 0) is 14.8 Å². The highest BCUT2D eigenvalue weighted by Crippen LogP contribution is 2.29. The molecule has 0 aliphatic heterocycles. The van der Waals surface area contributed by atoms with E-state index in [0.29, 0.717) is 27.8 Å². The standard InChI is InChI=1S/C24H25ClN2O5S/c1-18-11-12-19(25)15-23(18)27(33(29,30)22-9-4-3-5-10-22)17-24(28)26-13-14-32-21-8-6-7-20(16-21)31-2/h3-12,15-16H,13-14,17H2,1-2H3,(H,26,28). The third-order valence-electron chi connectivity index (χ3n) is 4.79. The van der Waals surface area contributed by atoms with E-state index in [1.54, 1.807) is 68.6 Å². The average molecular weight is 489 g/mol. The smallest absolute Gasteiger partial charge is 0.264 e. The van der Waals surface area contributed by atoms with Gasteiger partial charge in [-0.25, -0.2) is 8.42 Å². The van der Waals surface area contributed by atoms with Crippen LogP contribution in [0.4, 0.5) is 5.69 Å². The Kier molecular flexibility index (Phi) is 8.19. The normalized spacial score (nSPS) is 11.0. The number of rotatable bonds is 10. The van der Waals surface area contributed by atoms with E-state index in [9.17, 15) is 13.2 Å². The Morgan fingerprint density at radius 1 is 1.00 bits per heavy atom. The molecule has 1 N–H and O–H groups in total. The minimum atomic E-state index is -4.00. The zero-order valence-corrected chi connectivity index (χ0v) is 19.9. The molecular formula is C24H25ClN2O5S. The van der Waals surface area contributed by atoms with Crippen molar-refractivity contribution in [2.24, 2.45) is 0 Å². The Morgan fingerprint density at radius 3 is 2.45 bits per heavy atom. The van der Waals surface area contributed by atoms with E-state index in [-0.39, 0.29) is 18.0 Å². The molecule has 0 saturated carbocycles. The molecule has 0 spiro atoms. The molecule has 33 heavy (non-hydrogen) atoms. The summed E-state index contributed by atoms with van der Waals surface area (Å²) in [5.74, 6) is 0.796. The number of amides is 1. The predicted octanol–water partition coefficient (Wildman–Crippen LogP) is 4.05. The largest absolute Gasteiger partial charge is 0.497 e. The van der Waals surface area contributed by atoms with Gasteiger partial charge in [-0.3, -0.25) is 9.10 Å². The molecule has 174 valence electrons. The second kappa shape index (κ2) is 11.1. The fourth-order valence-electron chi connectivity index (χ4n) is 3.11. The number of hydrogen-bond acceptors (Lipinski definition) is 5. The third-order valence-corrected chi connectivity index (χ3v) is 6.80. The maximum Gasteiger partial charge on any atom is 0.264 e. The third kappa shape index (κ3) is 6.40. The summed E-state index contributed by atoms with van der Waals surface area (Å²) in [4.78, 5) is 12.8. The van der Waals surface area contributed by atoms with E-state index in [1.807, 2.05) is 0 Å². The number of anilines is 1. The molecule has 0 atom stereocenters. The van der Waals surface area contributed by atoms with E-state index in [0.717, 1.165) is 4.31 Å². The van der Waals surface area contributed by atoms with Crippen molar-refractivity contribution in [3.05, 3.63) is 83.4 Å².